The van der Waals surface area contributed by atoms with E-state index in [4.69, 9.17) is 10.5 Å². The summed E-state index contributed by atoms with van der Waals surface area (Å²) < 4.78 is 8.14. The molecule has 0 bridgehead atoms. The van der Waals surface area contributed by atoms with E-state index in [9.17, 15) is 9.59 Å². The Morgan fingerprint density at radius 2 is 2.07 bits per heavy atom. The molecule has 4 rings (SSSR count). The first-order chi connectivity index (χ1) is 13.2. The maximum atomic E-state index is 12.2. The molecule has 28 heavy (non-hydrogen) atoms. The zero-order valence-electron chi connectivity index (χ0n) is 15.8. The van der Waals surface area contributed by atoms with E-state index in [0.29, 0.717) is 10.9 Å². The van der Waals surface area contributed by atoms with Gasteiger partial charge < -0.3 is 15.0 Å². The molecule has 0 aliphatic heterocycles. The highest BCUT2D eigenvalue weighted by Gasteiger charge is 2.20. The number of thiophene rings is 1. The van der Waals surface area contributed by atoms with E-state index >= 15 is 0 Å². The Morgan fingerprint density at radius 3 is 2.79 bits per heavy atom. The lowest BCUT2D eigenvalue weighted by Crippen LogP contribution is -2.26. The molecule has 3 aromatic heterocycles. The molecule has 7 nitrogen and oxygen atoms in total. The average Bonchev–Trinajstić information content (AvgIpc) is 3.26. The Morgan fingerprint density at radius 1 is 1.29 bits per heavy atom. The number of esters is 1. The lowest BCUT2D eigenvalue weighted by molar-refractivity contribution is -0.155. The highest BCUT2D eigenvalue weighted by Crippen LogP contribution is 2.33. The van der Waals surface area contributed by atoms with Crippen molar-refractivity contribution < 1.29 is 14.3 Å². The van der Waals surface area contributed by atoms with Crippen molar-refractivity contribution in [2.75, 3.05) is 0 Å². The third-order valence-electron chi connectivity index (χ3n) is 4.31. The van der Waals surface area contributed by atoms with Crippen LogP contribution in [0.15, 0.2) is 35.8 Å². The van der Waals surface area contributed by atoms with Crippen molar-refractivity contribution >= 4 is 44.3 Å². The van der Waals surface area contributed by atoms with Crippen LogP contribution in [0.4, 0.5) is 0 Å². The monoisotopic (exact) mass is 396 g/mol. The summed E-state index contributed by atoms with van der Waals surface area (Å²) in [6, 6.07) is 7.65. The summed E-state index contributed by atoms with van der Waals surface area (Å²) in [4.78, 5) is 24.2. The molecule has 3 heterocycles. The number of nitrogens with two attached hydrogens (primary N) is 1. The van der Waals surface area contributed by atoms with Gasteiger partial charge in [-0.1, -0.05) is 6.07 Å². The molecule has 0 saturated heterocycles. The van der Waals surface area contributed by atoms with Crippen LogP contribution in [0.3, 0.4) is 0 Å². The van der Waals surface area contributed by atoms with Crippen molar-refractivity contribution in [1.29, 1.82) is 0 Å². The van der Waals surface area contributed by atoms with Gasteiger partial charge in [-0.2, -0.15) is 5.10 Å². The van der Waals surface area contributed by atoms with Crippen LogP contribution in [-0.2, 0) is 16.1 Å². The number of carbonyl (C=O) groups is 2. The standard InChI is InChI=1S/C20H20N4O3S/c1-20(2,3)27-16(25)10-24-9-13(19(21)26)12-8-11(4-5-15(12)24)17-18-14(22-23-17)6-7-28-18/h4-9H,10H2,1-3H3,(H2,21,26)(H,22,23). The van der Waals surface area contributed by atoms with Gasteiger partial charge in [0, 0.05) is 22.7 Å². The van der Waals surface area contributed by atoms with Gasteiger partial charge in [0.15, 0.2) is 0 Å². The summed E-state index contributed by atoms with van der Waals surface area (Å²) in [5, 5.41) is 10.1. The van der Waals surface area contributed by atoms with E-state index in [2.05, 4.69) is 10.2 Å². The average molecular weight is 396 g/mol. The first-order valence-corrected chi connectivity index (χ1v) is 9.67. The number of hydrogen-bond donors (Lipinski definition) is 2. The van der Waals surface area contributed by atoms with E-state index < -0.39 is 11.5 Å². The van der Waals surface area contributed by atoms with Crippen molar-refractivity contribution in [2.24, 2.45) is 5.73 Å². The van der Waals surface area contributed by atoms with E-state index in [-0.39, 0.29) is 12.5 Å². The van der Waals surface area contributed by atoms with Crippen LogP contribution in [0, 0.1) is 0 Å². The van der Waals surface area contributed by atoms with Crippen LogP contribution in [0.2, 0.25) is 0 Å². The Hall–Kier alpha value is -3.13. The summed E-state index contributed by atoms with van der Waals surface area (Å²) in [5.41, 5.74) is 8.77. The third-order valence-corrected chi connectivity index (χ3v) is 5.23. The largest absolute Gasteiger partial charge is 0.459 e. The fourth-order valence-corrected chi connectivity index (χ4v) is 4.08. The van der Waals surface area contributed by atoms with Crippen molar-refractivity contribution in [3.8, 4) is 11.3 Å². The van der Waals surface area contributed by atoms with Crippen molar-refractivity contribution in [3.63, 3.8) is 0 Å². The molecule has 1 amide bonds. The predicted molar refractivity (Wildman–Crippen MR) is 109 cm³/mol. The first kappa shape index (κ1) is 18.2. The molecule has 3 N–H and O–H groups in total. The van der Waals surface area contributed by atoms with Gasteiger partial charge in [0.25, 0.3) is 5.91 Å². The van der Waals surface area contributed by atoms with Gasteiger partial charge >= 0.3 is 5.97 Å². The summed E-state index contributed by atoms with van der Waals surface area (Å²) in [6.07, 6.45) is 1.60. The lowest BCUT2D eigenvalue weighted by atomic mass is 10.1. The van der Waals surface area contributed by atoms with Crippen LogP contribution in [0.5, 0.6) is 0 Å². The zero-order chi connectivity index (χ0) is 20.1. The maximum absolute atomic E-state index is 12.2. The fourth-order valence-electron chi connectivity index (χ4n) is 3.23. The number of fused-ring (bicyclic) bond motifs is 2. The van der Waals surface area contributed by atoms with E-state index in [1.165, 1.54) is 0 Å². The van der Waals surface area contributed by atoms with Gasteiger partial charge in [0.1, 0.15) is 17.8 Å². The second kappa shape index (κ2) is 6.49. The Balaban J connectivity index is 1.78. The van der Waals surface area contributed by atoms with Gasteiger partial charge in [-0.05, 0) is 44.4 Å². The normalized spacial score (nSPS) is 12.0. The van der Waals surface area contributed by atoms with E-state index in [1.54, 1.807) is 22.1 Å². The number of benzene rings is 1. The van der Waals surface area contributed by atoms with Gasteiger partial charge in [-0.15, -0.1) is 11.3 Å². The van der Waals surface area contributed by atoms with Crippen LogP contribution in [0.25, 0.3) is 32.4 Å². The molecule has 4 aromatic rings. The molecule has 0 aliphatic carbocycles. The number of primary amides is 1. The van der Waals surface area contributed by atoms with Crippen molar-refractivity contribution in [2.45, 2.75) is 32.9 Å². The molecule has 1 aromatic carbocycles. The number of nitrogens with one attached hydrogen (secondary N) is 1. The summed E-state index contributed by atoms with van der Waals surface area (Å²) in [6.45, 7) is 5.44. The second-order valence-corrected chi connectivity index (χ2v) is 8.51. The highest BCUT2D eigenvalue weighted by molar-refractivity contribution is 7.17. The maximum Gasteiger partial charge on any atom is 0.326 e. The summed E-state index contributed by atoms with van der Waals surface area (Å²) >= 11 is 1.60. The van der Waals surface area contributed by atoms with Crippen LogP contribution >= 0.6 is 11.3 Å². The molecular weight excluding hydrogens is 376 g/mol. The number of aromatic nitrogens is 3. The number of H-pyrrole nitrogens is 1. The topological polar surface area (TPSA) is 103 Å². The van der Waals surface area contributed by atoms with Gasteiger partial charge in [-0.3, -0.25) is 14.7 Å². The minimum absolute atomic E-state index is 0.00201. The zero-order valence-corrected chi connectivity index (χ0v) is 16.6. The van der Waals surface area contributed by atoms with E-state index in [0.717, 1.165) is 27.0 Å². The number of amides is 1. The number of ether oxygens (including phenoxy) is 1. The molecule has 0 aliphatic rings. The summed E-state index contributed by atoms with van der Waals surface area (Å²) in [5.74, 6) is -0.925. The minimum atomic E-state index is -0.578. The molecule has 0 fully saturated rings. The van der Waals surface area contributed by atoms with Crippen molar-refractivity contribution in [3.05, 3.63) is 41.4 Å². The molecule has 144 valence electrons. The van der Waals surface area contributed by atoms with Crippen molar-refractivity contribution in [1.82, 2.24) is 14.8 Å². The van der Waals surface area contributed by atoms with Crippen LogP contribution < -0.4 is 5.73 Å². The Bertz CT molecular complexity index is 1210. The van der Waals surface area contributed by atoms with Gasteiger partial charge in [0.2, 0.25) is 0 Å². The van der Waals surface area contributed by atoms with Crippen LogP contribution in [-0.4, -0.2) is 32.2 Å². The second-order valence-electron chi connectivity index (χ2n) is 7.59. The molecule has 0 unspecified atom stereocenters. The molecule has 0 saturated carbocycles. The highest BCUT2D eigenvalue weighted by atomic mass is 32.1. The Labute approximate surface area is 165 Å². The lowest BCUT2D eigenvalue weighted by Gasteiger charge is -2.19. The number of nitrogens with zero attached hydrogens (tertiary/aromatic N) is 2. The quantitative estimate of drug-likeness (QED) is 0.514. The Kier molecular flexibility index (Phi) is 4.23. The predicted octanol–water partition coefficient (Wildman–Crippen LogP) is 3.69. The van der Waals surface area contributed by atoms with E-state index in [1.807, 2.05) is 50.4 Å². The SMILES string of the molecule is CC(C)(C)OC(=O)Cn1cc(C(N)=O)c2cc(-c3n[nH]c4ccsc34)ccc21. The number of aromatic amines is 1. The molecule has 0 atom stereocenters. The molecule has 0 spiro atoms. The van der Waals surface area contributed by atoms with Gasteiger partial charge in [-0.25, -0.2) is 0 Å². The summed E-state index contributed by atoms with van der Waals surface area (Å²) in [7, 11) is 0. The number of hydrogen-bond acceptors (Lipinski definition) is 5. The van der Waals surface area contributed by atoms with Gasteiger partial charge in [0.05, 0.1) is 15.8 Å². The number of rotatable bonds is 4. The third kappa shape index (κ3) is 3.27. The molecule has 0 radical (unpaired) electrons. The minimum Gasteiger partial charge on any atom is -0.459 e. The van der Waals surface area contributed by atoms with Crippen LogP contribution in [0.1, 0.15) is 31.1 Å². The molecular formula is C20H20N4O3S. The number of carbonyl (C=O) groups excluding carboxylic acids is 2. The molecule has 8 heteroatoms. The fraction of sp³-hybridized carbons (Fsp3) is 0.250. The first-order valence-electron chi connectivity index (χ1n) is 8.79. The smallest absolute Gasteiger partial charge is 0.326 e.